The van der Waals surface area contributed by atoms with Crippen molar-refractivity contribution in [1.82, 2.24) is 4.72 Å². The van der Waals surface area contributed by atoms with Gasteiger partial charge in [0.15, 0.2) is 0 Å². The number of benzene rings is 2. The molecule has 8 heteroatoms. The van der Waals surface area contributed by atoms with Crippen LogP contribution in [-0.2, 0) is 16.2 Å². The molecule has 1 aliphatic rings. The van der Waals surface area contributed by atoms with Crippen molar-refractivity contribution in [3.63, 3.8) is 0 Å². The number of hydrogen-bond donors (Lipinski definition) is 2. The summed E-state index contributed by atoms with van der Waals surface area (Å²) in [5.74, 6) is 0. The Balaban J connectivity index is 1.77. The van der Waals surface area contributed by atoms with Gasteiger partial charge in [-0.1, -0.05) is 24.3 Å². The number of sulfonamides is 1. The van der Waals surface area contributed by atoms with Gasteiger partial charge in [0.2, 0.25) is 10.0 Å². The molecule has 0 atom stereocenters. The van der Waals surface area contributed by atoms with E-state index in [2.05, 4.69) is 4.72 Å². The third-order valence-electron chi connectivity index (χ3n) is 4.71. The first-order valence-electron chi connectivity index (χ1n) is 8.63. The molecule has 2 aromatic rings. The fourth-order valence-corrected chi connectivity index (χ4v) is 4.49. The van der Waals surface area contributed by atoms with Gasteiger partial charge in [-0.15, -0.1) is 0 Å². The van der Waals surface area contributed by atoms with E-state index >= 15 is 0 Å². The van der Waals surface area contributed by atoms with E-state index in [0.29, 0.717) is 36.8 Å². The van der Waals surface area contributed by atoms with Crippen molar-refractivity contribution < 1.29 is 26.7 Å². The quantitative estimate of drug-likeness (QED) is 0.818. The average Bonchev–Trinajstić information content (AvgIpc) is 2.63. The first-order valence-corrected chi connectivity index (χ1v) is 10.1. The van der Waals surface area contributed by atoms with E-state index in [9.17, 15) is 26.7 Å². The minimum atomic E-state index is -4.43. The lowest BCUT2D eigenvalue weighted by atomic mass is 9.94. The molecule has 0 heterocycles. The maximum absolute atomic E-state index is 12.8. The van der Waals surface area contributed by atoms with Gasteiger partial charge in [0.25, 0.3) is 0 Å². The van der Waals surface area contributed by atoms with Gasteiger partial charge < -0.3 is 5.11 Å². The van der Waals surface area contributed by atoms with Crippen LogP contribution in [0.25, 0.3) is 11.1 Å². The molecule has 0 aliphatic heterocycles. The summed E-state index contributed by atoms with van der Waals surface area (Å²) in [5, 5.41) is 9.50. The van der Waals surface area contributed by atoms with Crippen LogP contribution in [0.5, 0.6) is 0 Å². The molecule has 0 radical (unpaired) electrons. The summed E-state index contributed by atoms with van der Waals surface area (Å²) in [4.78, 5) is 0.0596. The second-order valence-corrected chi connectivity index (χ2v) is 8.44. The van der Waals surface area contributed by atoms with Crippen LogP contribution in [-0.4, -0.2) is 25.7 Å². The molecule has 1 saturated carbocycles. The molecule has 3 rings (SSSR count). The molecule has 4 nitrogen and oxygen atoms in total. The Morgan fingerprint density at radius 1 is 0.926 bits per heavy atom. The van der Waals surface area contributed by atoms with E-state index in [0.717, 1.165) is 12.1 Å². The number of aliphatic hydroxyl groups excluding tert-OH is 1. The molecule has 146 valence electrons. The number of halogens is 3. The largest absolute Gasteiger partial charge is 0.416 e. The second kappa shape index (κ2) is 7.61. The van der Waals surface area contributed by atoms with E-state index in [1.165, 1.54) is 30.3 Å². The molecule has 1 aliphatic carbocycles. The Morgan fingerprint density at radius 3 is 2.15 bits per heavy atom. The number of rotatable bonds is 4. The zero-order chi connectivity index (χ0) is 19.7. The first-order chi connectivity index (χ1) is 12.6. The number of aliphatic hydroxyl groups is 1. The molecule has 27 heavy (non-hydrogen) atoms. The van der Waals surface area contributed by atoms with E-state index in [4.69, 9.17) is 0 Å². The summed E-state index contributed by atoms with van der Waals surface area (Å²) < 4.78 is 66.2. The monoisotopic (exact) mass is 399 g/mol. The smallest absolute Gasteiger partial charge is 0.393 e. The summed E-state index contributed by atoms with van der Waals surface area (Å²) in [6, 6.07) is 10.4. The first kappa shape index (κ1) is 19.9. The fraction of sp³-hybridized carbons (Fsp3) is 0.368. The van der Waals surface area contributed by atoms with Crippen LogP contribution in [0, 0.1) is 0 Å². The summed E-state index contributed by atoms with van der Waals surface area (Å²) in [6.45, 7) is 0. The summed E-state index contributed by atoms with van der Waals surface area (Å²) in [5.41, 5.74) is 0.113. The molecule has 0 aromatic heterocycles. The Morgan fingerprint density at radius 2 is 1.56 bits per heavy atom. The molecule has 0 bridgehead atoms. The van der Waals surface area contributed by atoms with Gasteiger partial charge >= 0.3 is 6.18 Å². The molecular weight excluding hydrogens is 379 g/mol. The highest BCUT2D eigenvalue weighted by Gasteiger charge is 2.30. The van der Waals surface area contributed by atoms with E-state index < -0.39 is 21.8 Å². The average molecular weight is 399 g/mol. The van der Waals surface area contributed by atoms with Crippen LogP contribution in [0.3, 0.4) is 0 Å². The van der Waals surface area contributed by atoms with E-state index in [1.807, 2.05) is 0 Å². The van der Waals surface area contributed by atoms with Crippen LogP contribution >= 0.6 is 0 Å². The third kappa shape index (κ3) is 4.88. The van der Waals surface area contributed by atoms with Gasteiger partial charge in [-0.05, 0) is 61.1 Å². The SMILES string of the molecule is O=S(=O)(N[C@H]1CC[C@H](O)CC1)c1ccc(-c2cccc(C(F)(F)F)c2)cc1. The van der Waals surface area contributed by atoms with Crippen molar-refractivity contribution in [2.24, 2.45) is 0 Å². The maximum Gasteiger partial charge on any atom is 0.416 e. The topological polar surface area (TPSA) is 66.4 Å². The van der Waals surface area contributed by atoms with Crippen LogP contribution in [0.1, 0.15) is 31.2 Å². The third-order valence-corrected chi connectivity index (χ3v) is 6.24. The zero-order valence-corrected chi connectivity index (χ0v) is 15.2. The number of alkyl halides is 3. The fourth-order valence-electron chi connectivity index (χ4n) is 3.18. The highest BCUT2D eigenvalue weighted by molar-refractivity contribution is 7.89. The summed E-state index contributed by atoms with van der Waals surface area (Å²) >= 11 is 0. The Kier molecular flexibility index (Phi) is 5.60. The summed E-state index contributed by atoms with van der Waals surface area (Å²) in [6.07, 6.45) is -2.55. The van der Waals surface area contributed by atoms with Gasteiger partial charge in [0.1, 0.15) is 0 Å². The van der Waals surface area contributed by atoms with Gasteiger partial charge in [0.05, 0.1) is 16.6 Å². The standard InChI is InChI=1S/C19H20F3NO3S/c20-19(21,22)15-3-1-2-14(12-15)13-4-10-18(11-5-13)27(25,26)23-16-6-8-17(24)9-7-16/h1-5,10-12,16-17,23-24H,6-9H2/t16-,17-. The van der Waals surface area contributed by atoms with Crippen LogP contribution < -0.4 is 4.72 Å². The van der Waals surface area contributed by atoms with Crippen molar-refractivity contribution in [2.45, 2.75) is 48.9 Å². The van der Waals surface area contributed by atoms with Gasteiger partial charge in [-0.25, -0.2) is 13.1 Å². The van der Waals surface area contributed by atoms with Crippen LogP contribution in [0.15, 0.2) is 53.4 Å². The van der Waals surface area contributed by atoms with Gasteiger partial charge in [-0.2, -0.15) is 13.2 Å². The van der Waals surface area contributed by atoms with Crippen molar-refractivity contribution >= 4 is 10.0 Å². The predicted molar refractivity (Wildman–Crippen MR) is 95.5 cm³/mol. The van der Waals surface area contributed by atoms with Crippen LogP contribution in [0.4, 0.5) is 13.2 Å². The van der Waals surface area contributed by atoms with Gasteiger partial charge in [0, 0.05) is 6.04 Å². The Labute approximate surface area is 156 Å². The molecule has 0 unspecified atom stereocenters. The van der Waals surface area contributed by atoms with Crippen molar-refractivity contribution in [3.8, 4) is 11.1 Å². The lowest BCUT2D eigenvalue weighted by Crippen LogP contribution is -2.38. The van der Waals surface area contributed by atoms with E-state index in [1.54, 1.807) is 6.07 Å². The van der Waals surface area contributed by atoms with Crippen molar-refractivity contribution in [1.29, 1.82) is 0 Å². The predicted octanol–water partition coefficient (Wildman–Crippen LogP) is 3.95. The van der Waals surface area contributed by atoms with Gasteiger partial charge in [-0.3, -0.25) is 0 Å². The molecule has 2 aromatic carbocycles. The highest BCUT2D eigenvalue weighted by atomic mass is 32.2. The summed E-state index contributed by atoms with van der Waals surface area (Å²) in [7, 11) is -3.72. The second-order valence-electron chi connectivity index (χ2n) is 6.73. The molecule has 2 N–H and O–H groups in total. The lowest BCUT2D eigenvalue weighted by Gasteiger charge is -2.26. The molecule has 0 saturated heterocycles. The number of hydrogen-bond acceptors (Lipinski definition) is 3. The Bertz CT molecular complexity index is 887. The minimum absolute atomic E-state index is 0.0596. The molecule has 1 fully saturated rings. The minimum Gasteiger partial charge on any atom is -0.393 e. The molecule has 0 amide bonds. The number of nitrogens with one attached hydrogen (secondary N) is 1. The maximum atomic E-state index is 12.8. The van der Waals surface area contributed by atoms with Crippen molar-refractivity contribution in [2.75, 3.05) is 0 Å². The van der Waals surface area contributed by atoms with E-state index in [-0.39, 0.29) is 17.0 Å². The normalized spacial score (nSPS) is 21.2. The lowest BCUT2D eigenvalue weighted by molar-refractivity contribution is -0.137. The zero-order valence-electron chi connectivity index (χ0n) is 14.4. The highest BCUT2D eigenvalue weighted by Crippen LogP contribution is 2.32. The Hall–Kier alpha value is -1.90. The van der Waals surface area contributed by atoms with Crippen LogP contribution in [0.2, 0.25) is 0 Å². The van der Waals surface area contributed by atoms with Crippen molar-refractivity contribution in [3.05, 3.63) is 54.1 Å². The molecular formula is C19H20F3NO3S. The molecule has 0 spiro atoms.